The van der Waals surface area contributed by atoms with Gasteiger partial charge in [-0.3, -0.25) is 9.59 Å². The third kappa shape index (κ3) is 4.59. The predicted octanol–water partition coefficient (Wildman–Crippen LogP) is 3.00. The van der Waals surface area contributed by atoms with Gasteiger partial charge in [0.25, 0.3) is 0 Å². The van der Waals surface area contributed by atoms with Gasteiger partial charge in [-0.25, -0.2) is 0 Å². The van der Waals surface area contributed by atoms with Crippen LogP contribution in [0.5, 0.6) is 0 Å². The number of Topliss-reactive ketones (excluding diaryl/α,β-unsaturated/α-hetero) is 1. The van der Waals surface area contributed by atoms with Crippen LogP contribution in [0.1, 0.15) is 49.9 Å². The molecular weight excluding hydrogens is 264 g/mol. The van der Waals surface area contributed by atoms with Crippen molar-refractivity contribution in [2.45, 2.75) is 45.6 Å². The van der Waals surface area contributed by atoms with Crippen molar-refractivity contribution in [2.75, 3.05) is 11.9 Å². The van der Waals surface area contributed by atoms with Crippen LogP contribution in [0.3, 0.4) is 0 Å². The molecule has 0 saturated heterocycles. The van der Waals surface area contributed by atoms with Gasteiger partial charge in [0.1, 0.15) is 0 Å². The van der Waals surface area contributed by atoms with Crippen LogP contribution < -0.4 is 10.6 Å². The summed E-state index contributed by atoms with van der Waals surface area (Å²) in [5, 5.41) is 6.19. The Bertz CT molecular complexity index is 513. The minimum atomic E-state index is 0.0157. The monoisotopic (exact) mass is 288 g/mol. The van der Waals surface area contributed by atoms with Crippen LogP contribution in [0, 0.1) is 5.92 Å². The summed E-state index contributed by atoms with van der Waals surface area (Å²) in [6, 6.07) is 7.54. The van der Waals surface area contributed by atoms with E-state index in [9.17, 15) is 9.59 Å². The summed E-state index contributed by atoms with van der Waals surface area (Å²) in [6.07, 6.45) is 4.73. The van der Waals surface area contributed by atoms with Crippen molar-refractivity contribution in [3.8, 4) is 0 Å². The Hall–Kier alpha value is -1.84. The lowest BCUT2D eigenvalue weighted by molar-refractivity contribution is -0.120. The average molecular weight is 288 g/mol. The molecule has 4 nitrogen and oxygen atoms in total. The first-order chi connectivity index (χ1) is 10.1. The van der Waals surface area contributed by atoms with Gasteiger partial charge in [-0.15, -0.1) is 0 Å². The fraction of sp³-hybridized carbons (Fsp3) is 0.529. The Morgan fingerprint density at radius 3 is 2.71 bits per heavy atom. The zero-order valence-corrected chi connectivity index (χ0v) is 12.8. The second-order valence-electron chi connectivity index (χ2n) is 5.93. The lowest BCUT2D eigenvalue weighted by Gasteiger charge is -2.29. The molecule has 4 heteroatoms. The van der Waals surface area contributed by atoms with Crippen LogP contribution >= 0.6 is 0 Å². The third-order valence-electron chi connectivity index (χ3n) is 4.18. The van der Waals surface area contributed by atoms with E-state index in [4.69, 9.17) is 0 Å². The molecule has 0 heterocycles. The molecule has 114 valence electrons. The molecule has 0 spiro atoms. The number of amides is 1. The minimum Gasteiger partial charge on any atom is -0.376 e. The largest absolute Gasteiger partial charge is 0.376 e. The first-order valence-electron chi connectivity index (χ1n) is 7.70. The highest BCUT2D eigenvalue weighted by Gasteiger charge is 2.22. The number of nitrogens with one attached hydrogen (secondary N) is 2. The summed E-state index contributed by atoms with van der Waals surface area (Å²) in [4.78, 5) is 23.3. The first-order valence-corrected chi connectivity index (χ1v) is 7.70. The Balaban J connectivity index is 1.83. The molecule has 0 unspecified atom stereocenters. The predicted molar refractivity (Wildman–Crippen MR) is 84.5 cm³/mol. The smallest absolute Gasteiger partial charge is 0.239 e. The molecule has 0 aliphatic heterocycles. The molecule has 1 aliphatic rings. The van der Waals surface area contributed by atoms with E-state index in [1.165, 1.54) is 26.2 Å². The number of benzene rings is 1. The van der Waals surface area contributed by atoms with Gasteiger partial charge in [-0.1, -0.05) is 31.9 Å². The molecule has 1 aromatic carbocycles. The number of carbonyl (C=O) groups is 2. The number of hydrogen-bond donors (Lipinski definition) is 2. The molecule has 1 fully saturated rings. The van der Waals surface area contributed by atoms with Crippen molar-refractivity contribution in [1.29, 1.82) is 0 Å². The minimum absolute atomic E-state index is 0.0157. The molecule has 21 heavy (non-hydrogen) atoms. The Morgan fingerprint density at radius 2 is 2.00 bits per heavy atom. The first kappa shape index (κ1) is 15.5. The van der Waals surface area contributed by atoms with Crippen LogP contribution in [0.2, 0.25) is 0 Å². The normalized spacial score (nSPS) is 21.6. The van der Waals surface area contributed by atoms with Gasteiger partial charge >= 0.3 is 0 Å². The summed E-state index contributed by atoms with van der Waals surface area (Å²) in [5.74, 6) is 0.602. The van der Waals surface area contributed by atoms with Gasteiger partial charge < -0.3 is 10.6 Å². The van der Waals surface area contributed by atoms with E-state index in [0.717, 1.165) is 12.1 Å². The SMILES string of the molecule is CC(=O)c1cccc(NCC(=O)N[C@H]2CCCC[C@H]2C)c1. The van der Waals surface area contributed by atoms with Gasteiger partial charge in [0.05, 0.1) is 6.54 Å². The summed E-state index contributed by atoms with van der Waals surface area (Å²) < 4.78 is 0. The molecule has 1 aromatic rings. The zero-order valence-electron chi connectivity index (χ0n) is 12.8. The highest BCUT2D eigenvalue weighted by Crippen LogP contribution is 2.23. The van der Waals surface area contributed by atoms with E-state index >= 15 is 0 Å². The highest BCUT2D eigenvalue weighted by atomic mass is 16.2. The molecule has 2 atom stereocenters. The Kier molecular flexibility index (Phi) is 5.37. The number of hydrogen-bond acceptors (Lipinski definition) is 3. The van der Waals surface area contributed by atoms with Crippen LogP contribution in [-0.2, 0) is 4.79 Å². The van der Waals surface area contributed by atoms with E-state index in [-0.39, 0.29) is 18.2 Å². The molecule has 1 saturated carbocycles. The maximum Gasteiger partial charge on any atom is 0.239 e. The fourth-order valence-corrected chi connectivity index (χ4v) is 2.82. The topological polar surface area (TPSA) is 58.2 Å². The molecule has 2 N–H and O–H groups in total. The second kappa shape index (κ2) is 7.25. The Morgan fingerprint density at radius 1 is 1.24 bits per heavy atom. The van der Waals surface area contributed by atoms with Crippen molar-refractivity contribution in [2.24, 2.45) is 5.92 Å². The highest BCUT2D eigenvalue weighted by molar-refractivity contribution is 5.95. The van der Waals surface area contributed by atoms with E-state index in [1.54, 1.807) is 12.1 Å². The van der Waals surface area contributed by atoms with Crippen molar-refractivity contribution in [3.63, 3.8) is 0 Å². The van der Waals surface area contributed by atoms with Crippen LogP contribution in [0.25, 0.3) is 0 Å². The maximum absolute atomic E-state index is 12.0. The van der Waals surface area contributed by atoms with Crippen molar-refractivity contribution < 1.29 is 9.59 Å². The fourth-order valence-electron chi connectivity index (χ4n) is 2.82. The summed E-state index contributed by atoms with van der Waals surface area (Å²) in [7, 11) is 0. The van der Waals surface area contributed by atoms with Crippen LogP contribution in [-0.4, -0.2) is 24.3 Å². The molecule has 0 aromatic heterocycles. The standard InChI is InChI=1S/C17H24N2O2/c1-12-6-3-4-9-16(12)19-17(21)11-18-15-8-5-7-14(10-15)13(2)20/h5,7-8,10,12,16,18H,3-4,6,9,11H2,1-2H3,(H,19,21)/t12-,16+/m1/s1. The summed E-state index contributed by atoms with van der Waals surface area (Å²) in [6.45, 7) is 3.98. The lowest BCUT2D eigenvalue weighted by atomic mass is 9.86. The molecule has 1 amide bonds. The van der Waals surface area contributed by atoms with E-state index in [2.05, 4.69) is 17.6 Å². The number of ketones is 1. The number of rotatable bonds is 5. The molecule has 0 bridgehead atoms. The average Bonchev–Trinajstić information content (AvgIpc) is 2.48. The second-order valence-corrected chi connectivity index (χ2v) is 5.93. The molecule has 2 rings (SSSR count). The van der Waals surface area contributed by atoms with Gasteiger partial charge in [-0.2, -0.15) is 0 Å². The summed E-state index contributed by atoms with van der Waals surface area (Å²) >= 11 is 0. The van der Waals surface area contributed by atoms with Gasteiger partial charge in [0.15, 0.2) is 5.78 Å². The lowest BCUT2D eigenvalue weighted by Crippen LogP contribution is -2.43. The molecular formula is C17H24N2O2. The van der Waals surface area contributed by atoms with Crippen molar-refractivity contribution in [1.82, 2.24) is 5.32 Å². The van der Waals surface area contributed by atoms with Gasteiger partial charge in [0.2, 0.25) is 5.91 Å². The quantitative estimate of drug-likeness (QED) is 0.819. The molecule has 1 aliphatic carbocycles. The number of anilines is 1. The van der Waals surface area contributed by atoms with Crippen LogP contribution in [0.15, 0.2) is 24.3 Å². The zero-order chi connectivity index (χ0) is 15.2. The van der Waals surface area contributed by atoms with E-state index in [0.29, 0.717) is 17.5 Å². The Labute approximate surface area is 126 Å². The summed E-state index contributed by atoms with van der Waals surface area (Å²) in [5.41, 5.74) is 1.45. The van der Waals surface area contributed by atoms with Gasteiger partial charge in [0, 0.05) is 17.3 Å². The van der Waals surface area contributed by atoms with Crippen molar-refractivity contribution in [3.05, 3.63) is 29.8 Å². The van der Waals surface area contributed by atoms with Crippen LogP contribution in [0.4, 0.5) is 5.69 Å². The third-order valence-corrected chi connectivity index (χ3v) is 4.18. The van der Waals surface area contributed by atoms with Crippen molar-refractivity contribution >= 4 is 17.4 Å². The maximum atomic E-state index is 12.0. The van der Waals surface area contributed by atoms with E-state index < -0.39 is 0 Å². The van der Waals surface area contributed by atoms with E-state index in [1.807, 2.05) is 12.1 Å². The molecule has 0 radical (unpaired) electrons. The number of carbonyl (C=O) groups excluding carboxylic acids is 2. The van der Waals surface area contributed by atoms with Gasteiger partial charge in [-0.05, 0) is 37.8 Å².